The van der Waals surface area contributed by atoms with Gasteiger partial charge in [0.1, 0.15) is 5.76 Å². The fourth-order valence-corrected chi connectivity index (χ4v) is 3.94. The summed E-state index contributed by atoms with van der Waals surface area (Å²) in [5.74, 6) is 0.341. The summed E-state index contributed by atoms with van der Waals surface area (Å²) in [6.07, 6.45) is 16.7. The molecule has 0 aliphatic carbocycles. The van der Waals surface area contributed by atoms with E-state index in [0.29, 0.717) is 18.7 Å². The number of unbranched alkanes of at least 4 members (excludes halogenated alkanes) is 4. The van der Waals surface area contributed by atoms with Crippen molar-refractivity contribution in [1.82, 2.24) is 0 Å². The topological polar surface area (TPSA) is 46.2 Å². The number of allylic oxidation sites excluding steroid dienone is 9. The van der Waals surface area contributed by atoms with Gasteiger partial charge in [-0.05, 0) is 78.4 Å². The molecule has 0 heterocycles. The number of nitrogens with two attached hydrogens (primary N) is 1. The van der Waals surface area contributed by atoms with Crippen LogP contribution in [0, 0.1) is 10.8 Å². The molecule has 0 bridgehead atoms. The molecule has 0 aliphatic heterocycles. The van der Waals surface area contributed by atoms with Crippen LogP contribution >= 0.6 is 0 Å². The molecule has 0 aromatic heterocycles. The maximum absolute atomic E-state index is 11.1. The molecular formula is C31H53NO. The van der Waals surface area contributed by atoms with Crippen LogP contribution in [0.1, 0.15) is 107 Å². The SMILES string of the molecule is C=C/C(CC(=C/C(=C)CCCCCC)/C(O)=C/C(C)(C)C)=C(C)\C(=C/CCCN)C(C)(C)C. The molecule has 33 heavy (non-hydrogen) atoms. The lowest BCUT2D eigenvalue weighted by Gasteiger charge is -2.26. The Labute approximate surface area is 206 Å². The highest BCUT2D eigenvalue weighted by atomic mass is 16.3. The lowest BCUT2D eigenvalue weighted by molar-refractivity contribution is 0.399. The molecule has 188 valence electrons. The predicted molar refractivity (Wildman–Crippen MR) is 149 cm³/mol. The number of rotatable bonds is 14. The highest BCUT2D eigenvalue weighted by Gasteiger charge is 2.21. The van der Waals surface area contributed by atoms with Gasteiger partial charge >= 0.3 is 0 Å². The molecule has 0 aliphatic rings. The molecule has 0 spiro atoms. The summed E-state index contributed by atoms with van der Waals surface area (Å²) >= 11 is 0. The summed E-state index contributed by atoms with van der Waals surface area (Å²) in [7, 11) is 0. The second kappa shape index (κ2) is 15.2. The standard InChI is InChI=1S/C31H53NO/c1-11-13-14-15-18-24(3)21-27(29(33)23-30(5,6)7)22-26(12-2)25(4)28(31(8,9)10)19-16-17-20-32/h12,19,21,23,33H,2-3,11,13-18,20,22,32H2,1,4-10H3/b26-25+,27-21-,28-19+,29-23-. The normalized spacial score (nSPS) is 14.9. The monoisotopic (exact) mass is 455 g/mol. The number of hydrogen-bond acceptors (Lipinski definition) is 2. The molecule has 2 nitrogen and oxygen atoms in total. The zero-order valence-electron chi connectivity index (χ0n) is 23.1. The van der Waals surface area contributed by atoms with Gasteiger partial charge < -0.3 is 10.8 Å². The molecule has 0 saturated carbocycles. The largest absolute Gasteiger partial charge is 0.508 e. The molecule has 2 heteroatoms. The van der Waals surface area contributed by atoms with Crippen molar-refractivity contribution in [3.63, 3.8) is 0 Å². The summed E-state index contributed by atoms with van der Waals surface area (Å²) in [4.78, 5) is 0. The van der Waals surface area contributed by atoms with E-state index in [-0.39, 0.29) is 10.8 Å². The van der Waals surface area contributed by atoms with E-state index in [1.165, 1.54) is 30.4 Å². The van der Waals surface area contributed by atoms with Gasteiger partial charge in [-0.25, -0.2) is 0 Å². The van der Waals surface area contributed by atoms with Crippen LogP contribution in [-0.4, -0.2) is 11.7 Å². The lowest BCUT2D eigenvalue weighted by Crippen LogP contribution is -2.12. The molecule has 0 unspecified atom stereocenters. The first-order valence-corrected chi connectivity index (χ1v) is 12.8. The van der Waals surface area contributed by atoms with Gasteiger partial charge in [-0.15, -0.1) is 0 Å². The molecule has 0 atom stereocenters. The zero-order chi connectivity index (χ0) is 25.7. The van der Waals surface area contributed by atoms with E-state index in [2.05, 4.69) is 80.7 Å². The van der Waals surface area contributed by atoms with E-state index < -0.39 is 0 Å². The van der Waals surface area contributed by atoms with Gasteiger partial charge in [0.05, 0.1) is 0 Å². The Balaban J connectivity index is 6.21. The molecule has 0 rings (SSSR count). The van der Waals surface area contributed by atoms with Gasteiger partial charge in [0.2, 0.25) is 0 Å². The van der Waals surface area contributed by atoms with E-state index in [4.69, 9.17) is 5.73 Å². The summed E-state index contributed by atoms with van der Waals surface area (Å²) in [5.41, 5.74) is 11.3. The van der Waals surface area contributed by atoms with E-state index in [1.54, 1.807) is 0 Å². The van der Waals surface area contributed by atoms with Crippen molar-refractivity contribution in [3.05, 3.63) is 71.1 Å². The summed E-state index contributed by atoms with van der Waals surface area (Å²) < 4.78 is 0. The zero-order valence-corrected chi connectivity index (χ0v) is 23.1. The summed E-state index contributed by atoms with van der Waals surface area (Å²) in [5, 5.41) is 11.1. The minimum Gasteiger partial charge on any atom is -0.508 e. The third kappa shape index (κ3) is 13.5. The molecule has 3 N–H and O–H groups in total. The van der Waals surface area contributed by atoms with Gasteiger partial charge in [0.15, 0.2) is 0 Å². The van der Waals surface area contributed by atoms with E-state index in [0.717, 1.165) is 42.4 Å². The second-order valence-electron chi connectivity index (χ2n) is 11.4. The fraction of sp³-hybridized carbons (Fsp3) is 0.613. The Morgan fingerprint density at radius 2 is 1.64 bits per heavy atom. The van der Waals surface area contributed by atoms with E-state index >= 15 is 0 Å². The lowest BCUT2D eigenvalue weighted by atomic mass is 9.79. The molecule has 0 fully saturated rings. The van der Waals surface area contributed by atoms with Crippen LogP contribution in [0.5, 0.6) is 0 Å². The third-order valence-corrected chi connectivity index (χ3v) is 5.71. The van der Waals surface area contributed by atoms with Crippen LogP contribution in [0.2, 0.25) is 0 Å². The van der Waals surface area contributed by atoms with Crippen molar-refractivity contribution in [2.24, 2.45) is 16.6 Å². The Morgan fingerprint density at radius 3 is 2.12 bits per heavy atom. The summed E-state index contributed by atoms with van der Waals surface area (Å²) in [6, 6.07) is 0. The van der Waals surface area contributed by atoms with Crippen molar-refractivity contribution in [1.29, 1.82) is 0 Å². The molecule has 0 aromatic carbocycles. The van der Waals surface area contributed by atoms with Crippen molar-refractivity contribution >= 4 is 0 Å². The quantitative estimate of drug-likeness (QED) is 0.155. The highest BCUT2D eigenvalue weighted by molar-refractivity contribution is 5.46. The minimum atomic E-state index is -0.114. The van der Waals surface area contributed by atoms with Gasteiger partial charge in [-0.3, -0.25) is 0 Å². The number of aliphatic hydroxyl groups is 1. The van der Waals surface area contributed by atoms with Crippen LogP contribution in [-0.2, 0) is 0 Å². The minimum absolute atomic E-state index is 0.0169. The van der Waals surface area contributed by atoms with Crippen molar-refractivity contribution in [2.45, 2.75) is 107 Å². The molecule has 0 aromatic rings. The van der Waals surface area contributed by atoms with Crippen LogP contribution in [0.25, 0.3) is 0 Å². The summed E-state index contributed by atoms with van der Waals surface area (Å²) in [6.45, 7) is 26.6. The highest BCUT2D eigenvalue weighted by Crippen LogP contribution is 2.36. The van der Waals surface area contributed by atoms with Crippen LogP contribution in [0.3, 0.4) is 0 Å². The first-order chi connectivity index (χ1) is 15.3. The van der Waals surface area contributed by atoms with Gasteiger partial charge in [-0.1, -0.05) is 105 Å². The fourth-order valence-electron chi connectivity index (χ4n) is 3.94. The van der Waals surface area contributed by atoms with E-state index in [1.807, 2.05) is 12.2 Å². The van der Waals surface area contributed by atoms with Gasteiger partial charge in [-0.2, -0.15) is 0 Å². The molecule has 0 saturated heterocycles. The smallest absolute Gasteiger partial charge is 0.115 e. The maximum atomic E-state index is 11.1. The van der Waals surface area contributed by atoms with E-state index in [9.17, 15) is 5.11 Å². The maximum Gasteiger partial charge on any atom is 0.115 e. The Hall–Kier alpha value is -1.80. The Morgan fingerprint density at radius 1 is 1.00 bits per heavy atom. The average molecular weight is 456 g/mol. The van der Waals surface area contributed by atoms with Crippen molar-refractivity contribution in [2.75, 3.05) is 6.54 Å². The average Bonchev–Trinajstić information content (AvgIpc) is 2.69. The first kappa shape index (κ1) is 31.2. The van der Waals surface area contributed by atoms with Crippen LogP contribution in [0.15, 0.2) is 71.1 Å². The molecule has 0 amide bonds. The number of hydrogen-bond donors (Lipinski definition) is 2. The predicted octanol–water partition coefficient (Wildman–Crippen LogP) is 9.53. The van der Waals surface area contributed by atoms with Gasteiger partial charge in [0, 0.05) is 6.42 Å². The van der Waals surface area contributed by atoms with Crippen LogP contribution in [0.4, 0.5) is 0 Å². The first-order valence-electron chi connectivity index (χ1n) is 12.8. The third-order valence-electron chi connectivity index (χ3n) is 5.71. The van der Waals surface area contributed by atoms with Crippen LogP contribution < -0.4 is 5.73 Å². The van der Waals surface area contributed by atoms with Crippen molar-refractivity contribution in [3.8, 4) is 0 Å². The van der Waals surface area contributed by atoms with Gasteiger partial charge in [0.25, 0.3) is 0 Å². The second-order valence-corrected chi connectivity index (χ2v) is 11.4. The molecule has 0 radical (unpaired) electrons. The molecular weight excluding hydrogens is 402 g/mol. The Kier molecular flexibility index (Phi) is 14.3. The Bertz CT molecular complexity index is 745. The number of aliphatic hydroxyl groups excluding tert-OH is 1. The van der Waals surface area contributed by atoms with Crippen molar-refractivity contribution < 1.29 is 5.11 Å².